The van der Waals surface area contributed by atoms with Crippen molar-refractivity contribution in [1.29, 1.82) is 0 Å². The first kappa shape index (κ1) is 24.0. The molecule has 2 aromatic carbocycles. The van der Waals surface area contributed by atoms with Gasteiger partial charge in [0.15, 0.2) is 0 Å². The average molecular weight is 473 g/mol. The highest BCUT2D eigenvalue weighted by Crippen LogP contribution is 2.35. The molecular weight excluding hydrogens is 452 g/mol. The molecule has 0 bridgehead atoms. The SMILES string of the molecule is CCC1(O)CCN(C(=O)C(F)(F)c2cc(C(=O)Nc3ccc(F)c(Cl)c3)ccc2F)CC1. The van der Waals surface area contributed by atoms with Crippen LogP contribution in [0.15, 0.2) is 36.4 Å². The molecule has 1 aliphatic rings. The van der Waals surface area contributed by atoms with Gasteiger partial charge in [0.1, 0.15) is 11.6 Å². The van der Waals surface area contributed by atoms with E-state index in [-0.39, 0.29) is 42.2 Å². The molecule has 3 rings (SSSR count). The Morgan fingerprint density at radius 1 is 1.12 bits per heavy atom. The third-order valence-electron chi connectivity index (χ3n) is 5.65. The van der Waals surface area contributed by atoms with Crippen LogP contribution in [0.2, 0.25) is 5.02 Å². The van der Waals surface area contributed by atoms with Crippen LogP contribution in [-0.4, -0.2) is 40.5 Å². The summed E-state index contributed by atoms with van der Waals surface area (Å²) < 4.78 is 57.4. The van der Waals surface area contributed by atoms with Gasteiger partial charge in [0.05, 0.1) is 16.2 Å². The number of nitrogens with zero attached hydrogens (tertiary/aromatic N) is 1. The number of anilines is 1. The Morgan fingerprint density at radius 2 is 1.75 bits per heavy atom. The van der Waals surface area contributed by atoms with Crippen molar-refractivity contribution >= 4 is 29.1 Å². The molecule has 2 amide bonds. The van der Waals surface area contributed by atoms with Gasteiger partial charge in [-0.05, 0) is 55.7 Å². The van der Waals surface area contributed by atoms with E-state index in [9.17, 15) is 32.3 Å². The van der Waals surface area contributed by atoms with Gasteiger partial charge in [0, 0.05) is 24.3 Å². The maximum atomic E-state index is 15.0. The van der Waals surface area contributed by atoms with Crippen molar-refractivity contribution in [2.75, 3.05) is 18.4 Å². The molecule has 0 aromatic heterocycles. The number of carbonyl (C=O) groups excluding carboxylic acids is 2. The Morgan fingerprint density at radius 3 is 2.34 bits per heavy atom. The normalized spacial score (nSPS) is 16.0. The summed E-state index contributed by atoms with van der Waals surface area (Å²) in [4.78, 5) is 25.8. The van der Waals surface area contributed by atoms with E-state index in [1.807, 2.05) is 0 Å². The number of nitrogens with one attached hydrogen (secondary N) is 1. The van der Waals surface area contributed by atoms with E-state index in [0.29, 0.717) is 18.6 Å². The zero-order valence-corrected chi connectivity index (χ0v) is 17.9. The molecule has 0 atom stereocenters. The molecule has 32 heavy (non-hydrogen) atoms. The van der Waals surface area contributed by atoms with Gasteiger partial charge in [-0.15, -0.1) is 0 Å². The maximum Gasteiger partial charge on any atom is 0.352 e. The Bertz CT molecular complexity index is 1040. The number of carbonyl (C=O) groups is 2. The van der Waals surface area contributed by atoms with Gasteiger partial charge in [0.25, 0.3) is 11.8 Å². The fourth-order valence-corrected chi connectivity index (χ4v) is 3.66. The average Bonchev–Trinajstić information content (AvgIpc) is 2.76. The van der Waals surface area contributed by atoms with Crippen molar-refractivity contribution in [2.24, 2.45) is 0 Å². The summed E-state index contributed by atoms with van der Waals surface area (Å²) in [5.41, 5.74) is -2.47. The standard InChI is InChI=1S/C22H21ClF4N2O3/c1-2-21(32)7-9-29(10-8-21)20(31)22(26,27)15-11-13(3-5-17(15)24)19(30)28-14-4-6-18(25)16(23)12-14/h3-6,11-12,32H,2,7-10H2,1H3,(H,28,30). The monoisotopic (exact) mass is 472 g/mol. The van der Waals surface area contributed by atoms with E-state index < -0.39 is 40.5 Å². The van der Waals surface area contributed by atoms with Crippen molar-refractivity contribution < 1.29 is 32.3 Å². The summed E-state index contributed by atoms with van der Waals surface area (Å²) in [7, 11) is 0. The number of hydrogen-bond acceptors (Lipinski definition) is 3. The number of aliphatic hydroxyl groups is 1. The van der Waals surface area contributed by atoms with Gasteiger partial charge in [-0.1, -0.05) is 18.5 Å². The molecule has 1 heterocycles. The zero-order valence-electron chi connectivity index (χ0n) is 17.1. The largest absolute Gasteiger partial charge is 0.390 e. The van der Waals surface area contributed by atoms with Crippen LogP contribution in [0.25, 0.3) is 0 Å². The number of alkyl halides is 2. The Hall–Kier alpha value is -2.65. The van der Waals surface area contributed by atoms with Crippen molar-refractivity contribution in [2.45, 2.75) is 37.7 Å². The predicted molar refractivity (Wildman–Crippen MR) is 111 cm³/mol. The number of piperidine rings is 1. The number of halogens is 5. The predicted octanol–water partition coefficient (Wildman–Crippen LogP) is 4.73. The minimum Gasteiger partial charge on any atom is -0.390 e. The van der Waals surface area contributed by atoms with Crippen LogP contribution in [0.4, 0.5) is 23.2 Å². The van der Waals surface area contributed by atoms with Crippen LogP contribution >= 0.6 is 11.6 Å². The number of amides is 2. The molecule has 0 radical (unpaired) electrons. The lowest BCUT2D eigenvalue weighted by Gasteiger charge is -2.38. The second-order valence-corrected chi connectivity index (χ2v) is 8.13. The highest BCUT2D eigenvalue weighted by Gasteiger charge is 2.47. The maximum absolute atomic E-state index is 15.0. The number of rotatable bonds is 5. The van der Waals surface area contributed by atoms with E-state index in [2.05, 4.69) is 5.32 Å². The molecule has 1 saturated heterocycles. The third kappa shape index (κ3) is 4.88. The fourth-order valence-electron chi connectivity index (χ4n) is 3.48. The number of benzene rings is 2. The van der Waals surface area contributed by atoms with Crippen LogP contribution in [0.3, 0.4) is 0 Å². The molecule has 10 heteroatoms. The lowest BCUT2D eigenvalue weighted by Crippen LogP contribution is -2.50. The van der Waals surface area contributed by atoms with Crippen LogP contribution in [-0.2, 0) is 10.7 Å². The smallest absolute Gasteiger partial charge is 0.352 e. The van der Waals surface area contributed by atoms with E-state index in [1.165, 1.54) is 6.07 Å². The molecule has 0 spiro atoms. The van der Waals surface area contributed by atoms with Crippen LogP contribution in [0, 0.1) is 11.6 Å². The van der Waals surface area contributed by atoms with Crippen molar-refractivity contribution in [3.8, 4) is 0 Å². The van der Waals surface area contributed by atoms with Crippen molar-refractivity contribution in [3.63, 3.8) is 0 Å². The lowest BCUT2D eigenvalue weighted by atomic mass is 9.88. The molecule has 0 aliphatic carbocycles. The van der Waals surface area contributed by atoms with Gasteiger partial charge in [-0.3, -0.25) is 9.59 Å². The number of hydrogen-bond donors (Lipinski definition) is 2. The lowest BCUT2D eigenvalue weighted by molar-refractivity contribution is -0.163. The molecule has 1 fully saturated rings. The topological polar surface area (TPSA) is 69.6 Å². The second kappa shape index (κ2) is 9.07. The Kier molecular flexibility index (Phi) is 6.80. The Labute approximate surface area is 187 Å². The molecule has 5 nitrogen and oxygen atoms in total. The number of likely N-dealkylation sites (tertiary alicyclic amines) is 1. The first-order chi connectivity index (χ1) is 15.0. The quantitative estimate of drug-likeness (QED) is 0.618. The van der Waals surface area contributed by atoms with Gasteiger partial charge >= 0.3 is 5.92 Å². The summed E-state index contributed by atoms with van der Waals surface area (Å²) in [6.45, 7) is 1.58. The summed E-state index contributed by atoms with van der Waals surface area (Å²) >= 11 is 5.65. The first-order valence-corrected chi connectivity index (χ1v) is 10.3. The second-order valence-electron chi connectivity index (χ2n) is 7.72. The minimum atomic E-state index is -4.22. The summed E-state index contributed by atoms with van der Waals surface area (Å²) in [5, 5.41) is 12.3. The third-order valence-corrected chi connectivity index (χ3v) is 5.94. The van der Waals surface area contributed by atoms with Crippen molar-refractivity contribution in [3.05, 3.63) is 64.2 Å². The van der Waals surface area contributed by atoms with Crippen LogP contribution in [0.1, 0.15) is 42.1 Å². The molecule has 2 N–H and O–H groups in total. The highest BCUT2D eigenvalue weighted by molar-refractivity contribution is 6.31. The molecule has 172 valence electrons. The molecule has 0 unspecified atom stereocenters. The van der Waals surface area contributed by atoms with Gasteiger partial charge in [-0.2, -0.15) is 8.78 Å². The highest BCUT2D eigenvalue weighted by atomic mass is 35.5. The minimum absolute atomic E-state index is 0.0914. The summed E-state index contributed by atoms with van der Waals surface area (Å²) in [5.74, 6) is -8.74. The van der Waals surface area contributed by atoms with Gasteiger partial charge in [0.2, 0.25) is 0 Å². The molecule has 1 aliphatic heterocycles. The summed E-state index contributed by atoms with van der Waals surface area (Å²) in [6, 6.07) is 5.64. The molecule has 0 saturated carbocycles. The first-order valence-electron chi connectivity index (χ1n) is 9.93. The van der Waals surface area contributed by atoms with Crippen molar-refractivity contribution in [1.82, 2.24) is 4.90 Å². The molecular formula is C22H21ClF4N2O3. The van der Waals surface area contributed by atoms with Crippen LogP contribution < -0.4 is 5.32 Å². The zero-order chi connectivity index (χ0) is 23.7. The fraction of sp³-hybridized carbons (Fsp3) is 0.364. The van der Waals surface area contributed by atoms with E-state index in [1.54, 1.807) is 6.92 Å². The van der Waals surface area contributed by atoms with Gasteiger partial charge < -0.3 is 15.3 Å². The van der Waals surface area contributed by atoms with E-state index >= 15 is 0 Å². The van der Waals surface area contributed by atoms with E-state index in [0.717, 1.165) is 23.1 Å². The Balaban J connectivity index is 1.81. The summed E-state index contributed by atoms with van der Waals surface area (Å²) in [6.07, 6.45) is 0.698. The van der Waals surface area contributed by atoms with Crippen LogP contribution in [0.5, 0.6) is 0 Å². The van der Waals surface area contributed by atoms with E-state index in [4.69, 9.17) is 11.6 Å². The molecule has 2 aromatic rings. The van der Waals surface area contributed by atoms with Gasteiger partial charge in [-0.25, -0.2) is 8.78 Å².